The number of hydrogen-bond donors (Lipinski definition) is 0. The Balaban J connectivity index is 2.60. The van der Waals surface area contributed by atoms with Gasteiger partial charge in [0.05, 0.1) is 25.5 Å². The van der Waals surface area contributed by atoms with Gasteiger partial charge in [-0.2, -0.15) is 0 Å². The predicted octanol–water partition coefficient (Wildman–Crippen LogP) is 3.72. The molecule has 0 bridgehead atoms. The van der Waals surface area contributed by atoms with E-state index in [1.54, 1.807) is 0 Å². The van der Waals surface area contributed by atoms with Crippen LogP contribution in [-0.2, 0) is 0 Å². The lowest BCUT2D eigenvalue weighted by Crippen LogP contribution is -1.95. The predicted molar refractivity (Wildman–Crippen MR) is 81.4 cm³/mol. The first-order valence-corrected chi connectivity index (χ1v) is 6.33. The van der Waals surface area contributed by atoms with Crippen LogP contribution >= 0.6 is 0 Å². The van der Waals surface area contributed by atoms with Crippen molar-refractivity contribution >= 4 is 38.6 Å². The first-order chi connectivity index (χ1) is 10.9. The molecule has 3 aromatic rings. The molecule has 0 unspecified atom stereocenters. The fourth-order valence-electron chi connectivity index (χ4n) is 2.58. The number of hydrogen-bond acceptors (Lipinski definition) is 6. The number of benzene rings is 3. The molecule has 114 valence electrons. The topological polar surface area (TPSA) is 129 Å². The lowest BCUT2D eigenvalue weighted by molar-refractivity contribution is -0.385. The minimum absolute atomic E-state index is 0.107. The summed E-state index contributed by atoms with van der Waals surface area (Å²) in [5, 5.41) is 34.1. The Morgan fingerprint density at radius 2 is 1.39 bits per heavy atom. The van der Waals surface area contributed by atoms with Gasteiger partial charge in [0.25, 0.3) is 17.1 Å². The molecular weight excluding hydrogens is 306 g/mol. The van der Waals surface area contributed by atoms with Gasteiger partial charge in [0.1, 0.15) is 0 Å². The molecule has 9 nitrogen and oxygen atoms in total. The van der Waals surface area contributed by atoms with E-state index in [0.717, 1.165) is 12.1 Å². The average molecular weight is 313 g/mol. The summed E-state index contributed by atoms with van der Waals surface area (Å²) in [6, 6.07) is 8.89. The normalized spacial score (nSPS) is 10.8. The molecule has 0 aromatic heterocycles. The smallest absolute Gasteiger partial charge is 0.258 e. The highest BCUT2D eigenvalue weighted by Gasteiger charge is 2.22. The van der Waals surface area contributed by atoms with Crippen molar-refractivity contribution in [1.29, 1.82) is 0 Å². The zero-order valence-electron chi connectivity index (χ0n) is 11.3. The van der Waals surface area contributed by atoms with Crippen LogP contribution < -0.4 is 0 Å². The highest BCUT2D eigenvalue weighted by atomic mass is 16.6. The van der Waals surface area contributed by atoms with Crippen molar-refractivity contribution in [3.05, 3.63) is 72.8 Å². The molecule has 0 saturated carbocycles. The number of fused-ring (bicyclic) bond motifs is 3. The largest absolute Gasteiger partial charge is 0.277 e. The second-order valence-electron chi connectivity index (χ2n) is 4.77. The van der Waals surface area contributed by atoms with E-state index < -0.39 is 14.8 Å². The molecule has 0 aliphatic carbocycles. The SMILES string of the molecule is O=[N+]([O-])c1ccc2c([N+](=O)[O-])cc3cccc([N+](=O)[O-])c3c2c1. The van der Waals surface area contributed by atoms with Gasteiger partial charge in [-0.3, -0.25) is 30.3 Å². The highest BCUT2D eigenvalue weighted by Crippen LogP contribution is 2.39. The third kappa shape index (κ3) is 2.20. The van der Waals surface area contributed by atoms with Crippen LogP contribution in [0.25, 0.3) is 21.5 Å². The Hall–Kier alpha value is -3.62. The maximum atomic E-state index is 11.2. The van der Waals surface area contributed by atoms with Crippen LogP contribution in [0.1, 0.15) is 0 Å². The summed E-state index contributed by atoms with van der Waals surface area (Å²) in [6.45, 7) is 0. The van der Waals surface area contributed by atoms with E-state index in [0.29, 0.717) is 0 Å². The maximum Gasteiger partial charge on any atom is 0.277 e. The van der Waals surface area contributed by atoms with E-state index in [2.05, 4.69) is 0 Å². The fraction of sp³-hybridized carbons (Fsp3) is 0. The van der Waals surface area contributed by atoms with Crippen molar-refractivity contribution < 1.29 is 14.8 Å². The Kier molecular flexibility index (Phi) is 3.10. The minimum Gasteiger partial charge on any atom is -0.258 e. The summed E-state index contributed by atoms with van der Waals surface area (Å²) in [5.74, 6) is 0. The summed E-state index contributed by atoms with van der Waals surface area (Å²) >= 11 is 0. The highest BCUT2D eigenvalue weighted by molar-refractivity contribution is 6.15. The summed E-state index contributed by atoms with van der Waals surface area (Å²) in [6.07, 6.45) is 0. The molecule has 0 fully saturated rings. The molecule has 0 spiro atoms. The Morgan fingerprint density at radius 3 is 2.00 bits per heavy atom. The van der Waals surface area contributed by atoms with Crippen molar-refractivity contribution in [3.63, 3.8) is 0 Å². The first-order valence-electron chi connectivity index (χ1n) is 6.33. The molecule has 23 heavy (non-hydrogen) atoms. The molecule has 0 heterocycles. The molecule has 0 aliphatic heterocycles. The molecular formula is C14H7N3O6. The van der Waals surface area contributed by atoms with Crippen molar-refractivity contribution in [3.8, 4) is 0 Å². The van der Waals surface area contributed by atoms with Crippen molar-refractivity contribution in [2.45, 2.75) is 0 Å². The van der Waals surface area contributed by atoms with E-state index in [-0.39, 0.29) is 38.6 Å². The third-order valence-corrected chi connectivity index (χ3v) is 3.52. The van der Waals surface area contributed by atoms with Gasteiger partial charge in [-0.25, -0.2) is 0 Å². The van der Waals surface area contributed by atoms with Crippen LogP contribution in [0, 0.1) is 30.3 Å². The summed E-state index contributed by atoms with van der Waals surface area (Å²) in [4.78, 5) is 31.5. The summed E-state index contributed by atoms with van der Waals surface area (Å²) < 4.78 is 0. The van der Waals surface area contributed by atoms with E-state index in [4.69, 9.17) is 0 Å². The Bertz CT molecular complexity index is 1000. The van der Waals surface area contributed by atoms with Crippen LogP contribution in [-0.4, -0.2) is 14.8 Å². The number of nitrogens with zero attached hydrogens (tertiary/aromatic N) is 3. The fourth-order valence-corrected chi connectivity index (χ4v) is 2.58. The van der Waals surface area contributed by atoms with E-state index in [1.807, 2.05) is 0 Å². The van der Waals surface area contributed by atoms with Gasteiger partial charge < -0.3 is 0 Å². The number of nitro groups is 3. The first kappa shape index (κ1) is 14.3. The molecule has 0 radical (unpaired) electrons. The van der Waals surface area contributed by atoms with Crippen LogP contribution in [0.3, 0.4) is 0 Å². The van der Waals surface area contributed by atoms with Gasteiger partial charge in [0, 0.05) is 29.7 Å². The molecule has 0 amide bonds. The zero-order valence-corrected chi connectivity index (χ0v) is 11.3. The van der Waals surface area contributed by atoms with Gasteiger partial charge in [-0.05, 0) is 11.5 Å². The van der Waals surface area contributed by atoms with Gasteiger partial charge in [0.2, 0.25) is 0 Å². The van der Waals surface area contributed by atoms with Crippen molar-refractivity contribution in [2.24, 2.45) is 0 Å². The number of nitro benzene ring substituents is 3. The Labute approximate surface area is 127 Å². The minimum atomic E-state index is -0.654. The number of rotatable bonds is 3. The zero-order chi connectivity index (χ0) is 16.7. The van der Waals surface area contributed by atoms with Gasteiger partial charge in [0.15, 0.2) is 0 Å². The lowest BCUT2D eigenvalue weighted by atomic mass is 9.98. The molecule has 0 aliphatic rings. The third-order valence-electron chi connectivity index (χ3n) is 3.52. The van der Waals surface area contributed by atoms with Crippen LogP contribution in [0.2, 0.25) is 0 Å². The lowest BCUT2D eigenvalue weighted by Gasteiger charge is -2.06. The molecule has 3 aromatic carbocycles. The van der Waals surface area contributed by atoms with Crippen molar-refractivity contribution in [1.82, 2.24) is 0 Å². The van der Waals surface area contributed by atoms with Crippen LogP contribution in [0.15, 0.2) is 42.5 Å². The quantitative estimate of drug-likeness (QED) is 0.411. The molecule has 0 saturated heterocycles. The van der Waals surface area contributed by atoms with Crippen LogP contribution in [0.4, 0.5) is 17.1 Å². The summed E-state index contributed by atoms with van der Waals surface area (Å²) in [5.41, 5.74) is -0.816. The molecule has 0 N–H and O–H groups in total. The number of non-ortho nitro benzene ring substituents is 3. The van der Waals surface area contributed by atoms with E-state index in [9.17, 15) is 30.3 Å². The Morgan fingerprint density at radius 1 is 0.696 bits per heavy atom. The van der Waals surface area contributed by atoms with Crippen molar-refractivity contribution in [2.75, 3.05) is 0 Å². The second-order valence-corrected chi connectivity index (χ2v) is 4.77. The molecule has 0 atom stereocenters. The second kappa shape index (κ2) is 4.98. The average Bonchev–Trinajstić information content (AvgIpc) is 2.52. The van der Waals surface area contributed by atoms with E-state index >= 15 is 0 Å². The van der Waals surface area contributed by atoms with Gasteiger partial charge in [-0.15, -0.1) is 0 Å². The van der Waals surface area contributed by atoms with Gasteiger partial charge >= 0.3 is 0 Å². The van der Waals surface area contributed by atoms with E-state index in [1.165, 1.54) is 30.3 Å². The monoisotopic (exact) mass is 313 g/mol. The maximum absolute atomic E-state index is 11.2. The van der Waals surface area contributed by atoms with Gasteiger partial charge in [-0.1, -0.05) is 12.1 Å². The molecule has 3 rings (SSSR count). The molecule has 9 heteroatoms. The van der Waals surface area contributed by atoms with Crippen LogP contribution in [0.5, 0.6) is 0 Å². The summed E-state index contributed by atoms with van der Waals surface area (Å²) in [7, 11) is 0. The standard InChI is InChI=1S/C14H7N3O6/c18-15(19)9-4-5-10-11(7-9)14-8(6-13(10)17(22)23)2-1-3-12(14)16(20)21/h1-7H.